The summed E-state index contributed by atoms with van der Waals surface area (Å²) in [5, 5.41) is 0. The first kappa shape index (κ1) is 9.09. The van der Waals surface area contributed by atoms with E-state index in [1.165, 1.54) is 0 Å². The van der Waals surface area contributed by atoms with Gasteiger partial charge in [-0.2, -0.15) is 13.2 Å². The summed E-state index contributed by atoms with van der Waals surface area (Å²) in [5.74, 6) is -2.28. The van der Waals surface area contributed by atoms with Crippen molar-refractivity contribution in [1.82, 2.24) is 0 Å². The van der Waals surface area contributed by atoms with Gasteiger partial charge in [-0.25, -0.2) is 4.79 Å². The van der Waals surface area contributed by atoms with Gasteiger partial charge in [0.15, 0.2) is 0 Å². The van der Waals surface area contributed by atoms with Gasteiger partial charge >= 0.3 is 12.1 Å². The molecule has 1 saturated carbocycles. The average Bonchev–Trinajstić information content (AvgIpc) is 2.43. The minimum Gasteiger partial charge on any atom is -0.451 e. The highest BCUT2D eigenvalue weighted by Crippen LogP contribution is 2.40. The van der Waals surface area contributed by atoms with Gasteiger partial charge in [-0.1, -0.05) is 13.5 Å². The number of carbonyl (C=O) groups is 1. The molecule has 2 atom stereocenters. The van der Waals surface area contributed by atoms with Crippen LogP contribution in [0, 0.1) is 5.92 Å². The number of rotatable bonds is 1. The highest BCUT2D eigenvalue weighted by Gasteiger charge is 2.49. The lowest BCUT2D eigenvalue weighted by Crippen LogP contribution is -2.26. The summed E-state index contributed by atoms with van der Waals surface area (Å²) in [7, 11) is 0. The summed E-state index contributed by atoms with van der Waals surface area (Å²) in [4.78, 5) is 10.2. The number of hydrogen-bond donors (Lipinski definition) is 0. The van der Waals surface area contributed by atoms with Crippen molar-refractivity contribution in [1.29, 1.82) is 0 Å². The first-order valence-electron chi connectivity index (χ1n) is 3.30. The molecular weight excluding hydrogens is 173 g/mol. The zero-order chi connectivity index (χ0) is 9.52. The molecule has 0 aliphatic heterocycles. The van der Waals surface area contributed by atoms with Crippen LogP contribution >= 0.6 is 0 Å². The van der Waals surface area contributed by atoms with E-state index in [-0.39, 0.29) is 5.92 Å². The Kier molecular flexibility index (Phi) is 1.89. The second kappa shape index (κ2) is 2.50. The van der Waals surface area contributed by atoms with E-state index in [1.807, 2.05) is 0 Å². The normalized spacial score (nSPS) is 28.5. The molecule has 0 heterocycles. The molecule has 1 rings (SSSR count). The number of ether oxygens (including phenoxy) is 1. The molecule has 0 N–H and O–H groups in total. The lowest BCUT2D eigenvalue weighted by atomic mass is 10.5. The monoisotopic (exact) mass is 180 g/mol. The molecule has 5 heteroatoms. The molecule has 0 saturated heterocycles. The Morgan fingerprint density at radius 1 is 1.58 bits per heavy atom. The van der Waals surface area contributed by atoms with E-state index in [9.17, 15) is 18.0 Å². The first-order chi connectivity index (χ1) is 5.34. The van der Waals surface area contributed by atoms with Gasteiger partial charge in [0.05, 0.1) is 0 Å². The Hall–Kier alpha value is -1.00. The summed E-state index contributed by atoms with van der Waals surface area (Å²) in [6.45, 7) is 5.07. The fourth-order valence-corrected chi connectivity index (χ4v) is 0.788. The van der Waals surface area contributed by atoms with Crippen molar-refractivity contribution in [2.24, 2.45) is 5.92 Å². The molecule has 1 fully saturated rings. The molecular formula is C7H7F3O2. The minimum atomic E-state index is -4.90. The van der Waals surface area contributed by atoms with Gasteiger partial charge in [-0.05, 0) is 5.57 Å². The maximum absolute atomic E-state index is 11.6. The Morgan fingerprint density at radius 3 is 2.25 bits per heavy atom. The SMILES string of the molecule is C=C1C(C)C1OC(=O)C(F)(F)F. The van der Waals surface area contributed by atoms with E-state index in [1.54, 1.807) is 6.92 Å². The van der Waals surface area contributed by atoms with Crippen LogP contribution in [0.25, 0.3) is 0 Å². The van der Waals surface area contributed by atoms with Gasteiger partial charge in [0.2, 0.25) is 0 Å². The van der Waals surface area contributed by atoms with Crippen molar-refractivity contribution in [2.75, 3.05) is 0 Å². The van der Waals surface area contributed by atoms with Crippen LogP contribution in [0.4, 0.5) is 13.2 Å². The highest BCUT2D eigenvalue weighted by molar-refractivity contribution is 5.76. The Bertz CT molecular complexity index is 231. The molecule has 1 aliphatic rings. The summed E-state index contributed by atoms with van der Waals surface area (Å²) < 4.78 is 38.8. The van der Waals surface area contributed by atoms with E-state index >= 15 is 0 Å². The Morgan fingerprint density at radius 2 is 2.00 bits per heavy atom. The molecule has 2 nitrogen and oxygen atoms in total. The lowest BCUT2D eigenvalue weighted by molar-refractivity contribution is -0.200. The van der Waals surface area contributed by atoms with Crippen LogP contribution < -0.4 is 0 Å². The molecule has 0 spiro atoms. The van der Waals surface area contributed by atoms with Crippen molar-refractivity contribution in [3.63, 3.8) is 0 Å². The number of esters is 1. The van der Waals surface area contributed by atoms with Crippen LogP contribution in [0.1, 0.15) is 6.92 Å². The molecule has 1 aliphatic carbocycles. The van der Waals surface area contributed by atoms with Gasteiger partial charge in [0, 0.05) is 5.92 Å². The molecule has 0 aromatic carbocycles. The predicted octanol–water partition coefficient (Wildman–Crippen LogP) is 1.67. The van der Waals surface area contributed by atoms with E-state index in [4.69, 9.17) is 0 Å². The minimum absolute atomic E-state index is 0.142. The first-order valence-corrected chi connectivity index (χ1v) is 3.30. The second-order valence-corrected chi connectivity index (χ2v) is 2.69. The molecule has 0 aromatic rings. The van der Waals surface area contributed by atoms with Gasteiger partial charge < -0.3 is 4.74 Å². The number of carbonyl (C=O) groups excluding carboxylic acids is 1. The quantitative estimate of drug-likeness (QED) is 0.453. The van der Waals surface area contributed by atoms with Crippen LogP contribution in [-0.4, -0.2) is 18.2 Å². The summed E-state index contributed by atoms with van der Waals surface area (Å²) in [6, 6.07) is 0. The molecule has 0 bridgehead atoms. The second-order valence-electron chi connectivity index (χ2n) is 2.69. The highest BCUT2D eigenvalue weighted by atomic mass is 19.4. The van der Waals surface area contributed by atoms with Crippen LogP contribution in [0.2, 0.25) is 0 Å². The molecule has 0 amide bonds. The molecule has 12 heavy (non-hydrogen) atoms. The third kappa shape index (κ3) is 1.60. The van der Waals surface area contributed by atoms with Crippen molar-refractivity contribution in [3.05, 3.63) is 12.2 Å². The molecule has 68 valence electrons. The molecule has 0 aromatic heterocycles. The van der Waals surface area contributed by atoms with E-state index < -0.39 is 18.2 Å². The number of halogens is 3. The average molecular weight is 180 g/mol. The Balaban J connectivity index is 2.44. The lowest BCUT2D eigenvalue weighted by Gasteiger charge is -2.04. The third-order valence-corrected chi connectivity index (χ3v) is 1.76. The molecule has 0 radical (unpaired) electrons. The zero-order valence-electron chi connectivity index (χ0n) is 6.31. The van der Waals surface area contributed by atoms with E-state index in [2.05, 4.69) is 11.3 Å². The number of alkyl halides is 3. The third-order valence-electron chi connectivity index (χ3n) is 1.76. The standard InChI is InChI=1S/C7H7F3O2/c1-3-4(2)5(3)12-6(11)7(8,9)10/h4-5H,1H2,2H3. The Labute approximate surface area is 67.0 Å². The van der Waals surface area contributed by atoms with Gasteiger partial charge in [0.1, 0.15) is 6.10 Å². The van der Waals surface area contributed by atoms with Crippen molar-refractivity contribution in [2.45, 2.75) is 19.2 Å². The van der Waals surface area contributed by atoms with Crippen LogP contribution in [0.3, 0.4) is 0 Å². The van der Waals surface area contributed by atoms with Crippen LogP contribution in [0.15, 0.2) is 12.2 Å². The fourth-order valence-electron chi connectivity index (χ4n) is 0.788. The fraction of sp³-hybridized carbons (Fsp3) is 0.571. The maximum Gasteiger partial charge on any atom is 0.490 e. The zero-order valence-corrected chi connectivity index (χ0v) is 6.31. The van der Waals surface area contributed by atoms with E-state index in [0.29, 0.717) is 5.57 Å². The van der Waals surface area contributed by atoms with Crippen LogP contribution in [-0.2, 0) is 9.53 Å². The topological polar surface area (TPSA) is 26.3 Å². The van der Waals surface area contributed by atoms with Crippen molar-refractivity contribution < 1.29 is 22.7 Å². The summed E-state index contributed by atoms with van der Waals surface area (Å²) in [5.41, 5.74) is 0.535. The smallest absolute Gasteiger partial charge is 0.451 e. The maximum atomic E-state index is 11.6. The van der Waals surface area contributed by atoms with Gasteiger partial charge in [-0.15, -0.1) is 0 Å². The summed E-state index contributed by atoms with van der Waals surface area (Å²) >= 11 is 0. The van der Waals surface area contributed by atoms with E-state index in [0.717, 1.165) is 0 Å². The number of hydrogen-bond acceptors (Lipinski definition) is 2. The van der Waals surface area contributed by atoms with Crippen molar-refractivity contribution >= 4 is 5.97 Å². The predicted molar refractivity (Wildman–Crippen MR) is 34.2 cm³/mol. The molecule has 2 unspecified atom stereocenters. The van der Waals surface area contributed by atoms with Crippen molar-refractivity contribution in [3.8, 4) is 0 Å². The summed E-state index contributed by atoms with van der Waals surface area (Å²) in [6.07, 6.45) is -5.64. The van der Waals surface area contributed by atoms with Crippen LogP contribution in [0.5, 0.6) is 0 Å². The van der Waals surface area contributed by atoms with Gasteiger partial charge in [-0.3, -0.25) is 0 Å². The van der Waals surface area contributed by atoms with Gasteiger partial charge in [0.25, 0.3) is 0 Å². The largest absolute Gasteiger partial charge is 0.490 e.